The van der Waals surface area contributed by atoms with Gasteiger partial charge in [0.25, 0.3) is 0 Å². The fraction of sp³-hybridized carbons (Fsp3) is 0.286. The molecule has 1 aliphatic rings. The number of hydrogen-bond donors (Lipinski definition) is 2. The molecule has 1 aliphatic heterocycles. The number of pyridine rings is 1. The number of rotatable bonds is 2. The minimum absolute atomic E-state index is 0.229. The maximum absolute atomic E-state index is 14.5. The minimum atomic E-state index is -0.249. The summed E-state index contributed by atoms with van der Waals surface area (Å²) in [4.78, 5) is 6.45. The number of piperidine rings is 1. The van der Waals surface area contributed by atoms with Crippen LogP contribution in [-0.2, 0) is 0 Å². The second-order valence-corrected chi connectivity index (χ2v) is 6.98. The van der Waals surface area contributed by atoms with Gasteiger partial charge in [0.2, 0.25) is 0 Å². The molecule has 4 rings (SSSR count). The van der Waals surface area contributed by atoms with Crippen LogP contribution in [0.5, 0.6) is 0 Å². The molecular formula is C21H22FN3O. The fourth-order valence-corrected chi connectivity index (χ4v) is 3.76. The topological polar surface area (TPSA) is 62.4 Å². The van der Waals surface area contributed by atoms with Crippen molar-refractivity contribution in [2.75, 3.05) is 23.7 Å². The van der Waals surface area contributed by atoms with Crippen LogP contribution in [0.3, 0.4) is 0 Å². The molecule has 26 heavy (non-hydrogen) atoms. The van der Waals surface area contributed by atoms with Crippen LogP contribution in [0.15, 0.2) is 42.6 Å². The van der Waals surface area contributed by atoms with E-state index in [-0.39, 0.29) is 11.9 Å². The van der Waals surface area contributed by atoms with E-state index in [1.165, 1.54) is 6.07 Å². The highest BCUT2D eigenvalue weighted by Gasteiger charge is 2.21. The number of halogens is 1. The zero-order chi connectivity index (χ0) is 18.3. The SMILES string of the molecule is Cc1cccc(F)c1-c1cc(N2CCC(O)CC2)c2cc(N)ncc2c1. The second-order valence-electron chi connectivity index (χ2n) is 6.98. The molecule has 3 N–H and O–H groups in total. The highest BCUT2D eigenvalue weighted by atomic mass is 19.1. The van der Waals surface area contributed by atoms with Crippen molar-refractivity contribution >= 4 is 22.3 Å². The Bertz CT molecular complexity index is 945. The second kappa shape index (κ2) is 6.57. The number of nitrogen functional groups attached to an aromatic ring is 1. The number of benzene rings is 2. The van der Waals surface area contributed by atoms with Crippen LogP contribution in [-0.4, -0.2) is 29.3 Å². The van der Waals surface area contributed by atoms with Gasteiger partial charge in [0.15, 0.2) is 0 Å². The van der Waals surface area contributed by atoms with Gasteiger partial charge in [0.1, 0.15) is 11.6 Å². The number of aliphatic hydroxyl groups excluding tert-OH is 1. The summed E-state index contributed by atoms with van der Waals surface area (Å²) in [7, 11) is 0. The molecule has 0 saturated carbocycles. The zero-order valence-electron chi connectivity index (χ0n) is 14.7. The van der Waals surface area contributed by atoms with Crippen LogP contribution in [0.4, 0.5) is 15.9 Å². The molecule has 4 nitrogen and oxygen atoms in total. The molecule has 0 unspecified atom stereocenters. The summed E-state index contributed by atoms with van der Waals surface area (Å²) in [5.41, 5.74) is 9.27. The smallest absolute Gasteiger partial charge is 0.131 e. The van der Waals surface area contributed by atoms with Crippen molar-refractivity contribution < 1.29 is 9.50 Å². The van der Waals surface area contributed by atoms with Crippen LogP contribution >= 0.6 is 0 Å². The Morgan fingerprint density at radius 3 is 2.69 bits per heavy atom. The van der Waals surface area contributed by atoms with Gasteiger partial charge < -0.3 is 15.7 Å². The highest BCUT2D eigenvalue weighted by molar-refractivity contribution is 5.99. The van der Waals surface area contributed by atoms with Crippen molar-refractivity contribution in [3.8, 4) is 11.1 Å². The first kappa shape index (κ1) is 16.8. The Labute approximate surface area is 152 Å². The van der Waals surface area contributed by atoms with E-state index in [9.17, 15) is 9.50 Å². The Hall–Kier alpha value is -2.66. The van der Waals surface area contributed by atoms with E-state index in [4.69, 9.17) is 5.73 Å². The molecule has 134 valence electrons. The third kappa shape index (κ3) is 2.99. The van der Waals surface area contributed by atoms with E-state index in [0.717, 1.165) is 53.5 Å². The van der Waals surface area contributed by atoms with Crippen molar-refractivity contribution in [3.05, 3.63) is 54.0 Å². The number of nitrogens with zero attached hydrogens (tertiary/aromatic N) is 2. The summed E-state index contributed by atoms with van der Waals surface area (Å²) >= 11 is 0. The molecular weight excluding hydrogens is 329 g/mol. The summed E-state index contributed by atoms with van der Waals surface area (Å²) in [6.45, 7) is 3.44. The van der Waals surface area contributed by atoms with Gasteiger partial charge in [-0.05, 0) is 55.2 Å². The number of aliphatic hydroxyl groups is 1. The average Bonchev–Trinajstić information content (AvgIpc) is 2.62. The van der Waals surface area contributed by atoms with Crippen molar-refractivity contribution in [1.82, 2.24) is 4.98 Å². The van der Waals surface area contributed by atoms with Gasteiger partial charge in [0.05, 0.1) is 6.10 Å². The number of anilines is 2. The molecule has 0 spiro atoms. The molecule has 2 heterocycles. The predicted octanol–water partition coefficient (Wildman–Crippen LogP) is 3.89. The number of nitrogens with two attached hydrogens (primary N) is 1. The first-order valence-corrected chi connectivity index (χ1v) is 8.90. The van der Waals surface area contributed by atoms with Crippen LogP contribution in [0.1, 0.15) is 18.4 Å². The van der Waals surface area contributed by atoms with E-state index >= 15 is 0 Å². The van der Waals surface area contributed by atoms with E-state index in [0.29, 0.717) is 11.4 Å². The molecule has 1 aromatic heterocycles. The maximum atomic E-state index is 14.5. The van der Waals surface area contributed by atoms with E-state index in [1.54, 1.807) is 12.3 Å². The highest BCUT2D eigenvalue weighted by Crippen LogP contribution is 2.37. The lowest BCUT2D eigenvalue weighted by molar-refractivity contribution is 0.145. The zero-order valence-corrected chi connectivity index (χ0v) is 14.7. The van der Waals surface area contributed by atoms with Gasteiger partial charge >= 0.3 is 0 Å². The first-order chi connectivity index (χ1) is 12.5. The molecule has 5 heteroatoms. The average molecular weight is 351 g/mol. The third-order valence-electron chi connectivity index (χ3n) is 5.15. The summed E-state index contributed by atoms with van der Waals surface area (Å²) in [6.07, 6.45) is 2.95. The van der Waals surface area contributed by atoms with Crippen LogP contribution in [0, 0.1) is 12.7 Å². The van der Waals surface area contributed by atoms with Gasteiger partial charge in [-0.3, -0.25) is 0 Å². The Balaban J connectivity index is 1.92. The number of hydrogen-bond acceptors (Lipinski definition) is 4. The number of aromatic nitrogens is 1. The largest absolute Gasteiger partial charge is 0.393 e. The van der Waals surface area contributed by atoms with Crippen molar-refractivity contribution in [3.63, 3.8) is 0 Å². The standard InChI is InChI=1S/C21H22FN3O/c1-13-3-2-4-18(22)21(13)14-9-15-12-24-20(23)11-17(15)19(10-14)25-7-5-16(26)6-8-25/h2-4,9-12,16,26H,5-8H2,1H3,(H2,23,24). The Morgan fingerprint density at radius 1 is 1.19 bits per heavy atom. The van der Waals surface area contributed by atoms with Crippen molar-refractivity contribution in [2.24, 2.45) is 0 Å². The maximum Gasteiger partial charge on any atom is 0.131 e. The molecule has 0 aliphatic carbocycles. The number of aryl methyl sites for hydroxylation is 1. The van der Waals surface area contributed by atoms with Crippen LogP contribution in [0.2, 0.25) is 0 Å². The lowest BCUT2D eigenvalue weighted by Crippen LogP contribution is -2.35. The monoisotopic (exact) mass is 351 g/mol. The van der Waals surface area contributed by atoms with Gasteiger partial charge in [-0.15, -0.1) is 0 Å². The molecule has 1 saturated heterocycles. The van der Waals surface area contributed by atoms with E-state index in [2.05, 4.69) is 9.88 Å². The van der Waals surface area contributed by atoms with Gasteiger partial charge in [-0.25, -0.2) is 9.37 Å². The normalized spacial score (nSPS) is 15.6. The molecule has 0 atom stereocenters. The molecule has 0 amide bonds. The number of fused-ring (bicyclic) bond motifs is 1. The lowest BCUT2D eigenvalue weighted by Gasteiger charge is -2.32. The van der Waals surface area contributed by atoms with E-state index in [1.807, 2.05) is 31.2 Å². The Kier molecular flexibility index (Phi) is 4.24. The lowest BCUT2D eigenvalue weighted by atomic mass is 9.95. The molecule has 1 fully saturated rings. The third-order valence-corrected chi connectivity index (χ3v) is 5.15. The van der Waals surface area contributed by atoms with Gasteiger partial charge in [0, 0.05) is 41.3 Å². The quantitative estimate of drug-likeness (QED) is 0.735. The predicted molar refractivity (Wildman–Crippen MR) is 104 cm³/mol. The van der Waals surface area contributed by atoms with E-state index < -0.39 is 0 Å². The van der Waals surface area contributed by atoms with Gasteiger partial charge in [-0.2, -0.15) is 0 Å². The van der Waals surface area contributed by atoms with Gasteiger partial charge in [-0.1, -0.05) is 12.1 Å². The van der Waals surface area contributed by atoms with Crippen LogP contribution in [0.25, 0.3) is 21.9 Å². The fourth-order valence-electron chi connectivity index (χ4n) is 3.76. The summed E-state index contributed by atoms with van der Waals surface area (Å²) in [5, 5.41) is 11.8. The summed E-state index contributed by atoms with van der Waals surface area (Å²) < 4.78 is 14.5. The molecule has 2 aromatic carbocycles. The summed E-state index contributed by atoms with van der Waals surface area (Å²) in [6, 6.07) is 11.0. The van der Waals surface area contributed by atoms with Crippen molar-refractivity contribution in [2.45, 2.75) is 25.9 Å². The van der Waals surface area contributed by atoms with Crippen LogP contribution < -0.4 is 10.6 Å². The minimum Gasteiger partial charge on any atom is -0.393 e. The Morgan fingerprint density at radius 2 is 1.96 bits per heavy atom. The molecule has 3 aromatic rings. The van der Waals surface area contributed by atoms with Crippen molar-refractivity contribution in [1.29, 1.82) is 0 Å². The molecule has 0 radical (unpaired) electrons. The molecule has 0 bridgehead atoms. The summed E-state index contributed by atoms with van der Waals surface area (Å²) in [5.74, 6) is 0.235. The first-order valence-electron chi connectivity index (χ1n) is 8.90.